The molecule has 17 heavy (non-hydrogen) atoms. The van der Waals surface area contributed by atoms with Crippen LogP contribution in [0, 0.1) is 6.92 Å². The quantitative estimate of drug-likeness (QED) is 0.901. The molecule has 0 aliphatic rings. The Morgan fingerprint density at radius 2 is 1.94 bits per heavy atom. The van der Waals surface area contributed by atoms with Gasteiger partial charge in [-0.25, -0.2) is 4.79 Å². The molecule has 0 saturated heterocycles. The first-order valence-electron chi connectivity index (χ1n) is 5.08. The van der Waals surface area contributed by atoms with Crippen molar-refractivity contribution in [3.8, 4) is 0 Å². The van der Waals surface area contributed by atoms with E-state index in [2.05, 4.69) is 4.98 Å². The second kappa shape index (κ2) is 5.01. The molecule has 2 aromatic rings. The molecule has 2 rings (SSSR count). The minimum Gasteiger partial charge on any atom is -0.478 e. The number of benzene rings is 1. The average Bonchev–Trinajstić information content (AvgIpc) is 2.32. The lowest BCUT2D eigenvalue weighted by Crippen LogP contribution is -1.99. The smallest absolute Gasteiger partial charge is 0.338 e. The number of carboxylic acid groups (broad SMARTS) is 1. The molecule has 0 amide bonds. The SMILES string of the molecule is Cc1ccc(Sc2ccncc2C(=O)O)cc1. The molecule has 1 aromatic heterocycles. The third kappa shape index (κ3) is 2.85. The van der Waals surface area contributed by atoms with Crippen molar-refractivity contribution in [2.75, 3.05) is 0 Å². The summed E-state index contributed by atoms with van der Waals surface area (Å²) in [5, 5.41) is 9.03. The van der Waals surface area contributed by atoms with Gasteiger partial charge in [0, 0.05) is 22.2 Å². The van der Waals surface area contributed by atoms with Gasteiger partial charge in [-0.3, -0.25) is 4.98 Å². The third-order valence-corrected chi connectivity index (χ3v) is 3.34. The van der Waals surface area contributed by atoms with Gasteiger partial charge in [-0.2, -0.15) is 0 Å². The molecular weight excluding hydrogens is 234 g/mol. The lowest BCUT2D eigenvalue weighted by Gasteiger charge is -2.05. The van der Waals surface area contributed by atoms with E-state index in [1.807, 2.05) is 31.2 Å². The highest BCUT2D eigenvalue weighted by atomic mass is 32.2. The number of pyridine rings is 1. The Labute approximate surface area is 104 Å². The number of aromatic carboxylic acids is 1. The summed E-state index contributed by atoms with van der Waals surface area (Å²) < 4.78 is 0. The van der Waals surface area contributed by atoms with Crippen LogP contribution in [-0.4, -0.2) is 16.1 Å². The van der Waals surface area contributed by atoms with Crippen LogP contribution >= 0.6 is 11.8 Å². The lowest BCUT2D eigenvalue weighted by molar-refractivity contribution is 0.0692. The molecule has 0 aliphatic heterocycles. The molecule has 0 atom stereocenters. The molecule has 1 aromatic carbocycles. The van der Waals surface area contributed by atoms with Gasteiger partial charge in [-0.05, 0) is 25.1 Å². The molecule has 3 nitrogen and oxygen atoms in total. The van der Waals surface area contributed by atoms with E-state index in [-0.39, 0.29) is 5.56 Å². The summed E-state index contributed by atoms with van der Waals surface area (Å²) in [6, 6.07) is 9.68. The van der Waals surface area contributed by atoms with Crippen LogP contribution in [0.1, 0.15) is 15.9 Å². The van der Waals surface area contributed by atoms with Crippen LogP contribution < -0.4 is 0 Å². The highest BCUT2D eigenvalue weighted by Crippen LogP contribution is 2.29. The molecule has 0 aliphatic carbocycles. The maximum Gasteiger partial charge on any atom is 0.338 e. The fraction of sp³-hybridized carbons (Fsp3) is 0.0769. The minimum atomic E-state index is -0.951. The Morgan fingerprint density at radius 1 is 1.24 bits per heavy atom. The number of aryl methyl sites for hydroxylation is 1. The molecule has 1 N–H and O–H groups in total. The number of nitrogens with zero attached hydrogens (tertiary/aromatic N) is 1. The summed E-state index contributed by atoms with van der Waals surface area (Å²) in [5.41, 5.74) is 1.42. The van der Waals surface area contributed by atoms with Crippen LogP contribution in [0.2, 0.25) is 0 Å². The first-order valence-corrected chi connectivity index (χ1v) is 5.90. The van der Waals surface area contributed by atoms with E-state index < -0.39 is 5.97 Å². The Bertz CT molecular complexity index is 537. The van der Waals surface area contributed by atoms with Crippen LogP contribution in [0.3, 0.4) is 0 Å². The molecule has 0 spiro atoms. The first kappa shape index (κ1) is 11.7. The summed E-state index contributed by atoms with van der Waals surface area (Å²) in [6.07, 6.45) is 2.97. The standard InChI is InChI=1S/C13H11NO2S/c1-9-2-4-10(5-3-9)17-12-6-7-14-8-11(12)13(15)16/h2-8H,1H3,(H,15,16). The number of hydrogen-bond acceptors (Lipinski definition) is 3. The third-order valence-electron chi connectivity index (χ3n) is 2.26. The zero-order chi connectivity index (χ0) is 12.3. The van der Waals surface area contributed by atoms with Crippen LogP contribution in [0.5, 0.6) is 0 Å². The fourth-order valence-electron chi connectivity index (χ4n) is 1.36. The Kier molecular flexibility index (Phi) is 3.44. The second-order valence-electron chi connectivity index (χ2n) is 3.59. The van der Waals surface area contributed by atoms with Crippen LogP contribution in [0.25, 0.3) is 0 Å². The predicted octanol–water partition coefficient (Wildman–Crippen LogP) is 3.24. The van der Waals surface area contributed by atoms with E-state index in [1.54, 1.807) is 12.3 Å². The molecule has 0 fully saturated rings. The van der Waals surface area contributed by atoms with Gasteiger partial charge in [0.25, 0.3) is 0 Å². The normalized spacial score (nSPS) is 10.2. The van der Waals surface area contributed by atoms with Gasteiger partial charge in [-0.1, -0.05) is 29.5 Å². The summed E-state index contributed by atoms with van der Waals surface area (Å²) >= 11 is 1.43. The van der Waals surface area contributed by atoms with Gasteiger partial charge in [0.05, 0.1) is 5.56 Å². The molecule has 1 heterocycles. The van der Waals surface area contributed by atoms with Crippen molar-refractivity contribution in [2.45, 2.75) is 16.7 Å². The van der Waals surface area contributed by atoms with Crippen molar-refractivity contribution in [3.05, 3.63) is 53.9 Å². The molecule has 4 heteroatoms. The topological polar surface area (TPSA) is 50.2 Å². The predicted molar refractivity (Wildman–Crippen MR) is 66.5 cm³/mol. The number of hydrogen-bond donors (Lipinski definition) is 1. The van der Waals surface area contributed by atoms with E-state index >= 15 is 0 Å². The molecule has 86 valence electrons. The Hall–Kier alpha value is -1.81. The second-order valence-corrected chi connectivity index (χ2v) is 4.71. The van der Waals surface area contributed by atoms with Gasteiger partial charge in [0.2, 0.25) is 0 Å². The molecule has 0 unspecified atom stereocenters. The maximum absolute atomic E-state index is 11.0. The van der Waals surface area contributed by atoms with Gasteiger partial charge in [-0.15, -0.1) is 0 Å². The summed E-state index contributed by atoms with van der Waals surface area (Å²) in [6.45, 7) is 2.02. The number of carbonyl (C=O) groups is 1. The van der Waals surface area contributed by atoms with Crippen molar-refractivity contribution < 1.29 is 9.90 Å². The highest BCUT2D eigenvalue weighted by molar-refractivity contribution is 7.99. The number of rotatable bonds is 3. The summed E-state index contributed by atoms with van der Waals surface area (Å²) in [5.74, 6) is -0.951. The fourth-order valence-corrected chi connectivity index (χ4v) is 2.27. The van der Waals surface area contributed by atoms with Crippen LogP contribution in [0.15, 0.2) is 52.5 Å². The van der Waals surface area contributed by atoms with Crippen LogP contribution in [0.4, 0.5) is 0 Å². The highest BCUT2D eigenvalue weighted by Gasteiger charge is 2.10. The molecule has 0 bridgehead atoms. The number of aromatic nitrogens is 1. The maximum atomic E-state index is 11.0. The molecular formula is C13H11NO2S. The first-order chi connectivity index (χ1) is 8.16. The zero-order valence-electron chi connectivity index (χ0n) is 9.25. The Morgan fingerprint density at radius 3 is 2.59 bits per heavy atom. The number of carboxylic acids is 1. The Balaban J connectivity index is 2.30. The van der Waals surface area contributed by atoms with Gasteiger partial charge < -0.3 is 5.11 Å². The van der Waals surface area contributed by atoms with Crippen molar-refractivity contribution in [3.63, 3.8) is 0 Å². The zero-order valence-corrected chi connectivity index (χ0v) is 10.1. The van der Waals surface area contributed by atoms with Crippen molar-refractivity contribution >= 4 is 17.7 Å². The van der Waals surface area contributed by atoms with Crippen molar-refractivity contribution in [2.24, 2.45) is 0 Å². The van der Waals surface area contributed by atoms with E-state index in [4.69, 9.17) is 5.11 Å². The summed E-state index contributed by atoms with van der Waals surface area (Å²) in [4.78, 5) is 16.6. The minimum absolute atomic E-state index is 0.234. The van der Waals surface area contributed by atoms with Gasteiger partial charge in [0.1, 0.15) is 0 Å². The van der Waals surface area contributed by atoms with Crippen molar-refractivity contribution in [1.82, 2.24) is 4.98 Å². The molecule has 0 saturated carbocycles. The van der Waals surface area contributed by atoms with Crippen LogP contribution in [-0.2, 0) is 0 Å². The van der Waals surface area contributed by atoms with E-state index in [1.165, 1.54) is 23.5 Å². The van der Waals surface area contributed by atoms with E-state index in [0.29, 0.717) is 4.90 Å². The lowest BCUT2D eigenvalue weighted by atomic mass is 10.2. The molecule has 0 radical (unpaired) electrons. The van der Waals surface area contributed by atoms with Crippen molar-refractivity contribution in [1.29, 1.82) is 0 Å². The monoisotopic (exact) mass is 245 g/mol. The average molecular weight is 245 g/mol. The van der Waals surface area contributed by atoms with E-state index in [0.717, 1.165) is 4.90 Å². The summed E-state index contributed by atoms with van der Waals surface area (Å²) in [7, 11) is 0. The van der Waals surface area contributed by atoms with Gasteiger partial charge >= 0.3 is 5.97 Å². The van der Waals surface area contributed by atoms with Gasteiger partial charge in [0.15, 0.2) is 0 Å². The largest absolute Gasteiger partial charge is 0.478 e. The van der Waals surface area contributed by atoms with E-state index in [9.17, 15) is 4.79 Å².